The number of rotatable bonds is 10. The lowest BCUT2D eigenvalue weighted by atomic mass is 10.0. The Balaban J connectivity index is 2.55. The number of benzene rings is 1. The van der Waals surface area contributed by atoms with Crippen molar-refractivity contribution in [1.82, 2.24) is 0 Å². The van der Waals surface area contributed by atoms with Crippen molar-refractivity contribution in [2.24, 2.45) is 0 Å². The lowest BCUT2D eigenvalue weighted by Crippen LogP contribution is -2.25. The van der Waals surface area contributed by atoms with Gasteiger partial charge in [0.15, 0.2) is 6.29 Å². The first-order valence-corrected chi connectivity index (χ1v) is 7.57. The fourth-order valence-corrected chi connectivity index (χ4v) is 1.94. The monoisotopic (exact) mass is 264 g/mol. The van der Waals surface area contributed by atoms with Gasteiger partial charge in [0.2, 0.25) is 0 Å². The molecule has 0 spiro atoms. The van der Waals surface area contributed by atoms with Crippen LogP contribution in [0, 0.1) is 0 Å². The predicted octanol–water partition coefficient (Wildman–Crippen LogP) is 4.75. The third-order valence-corrected chi connectivity index (χ3v) is 3.29. The SMILES string of the molecule is CCCCOC(OCCCC)C(C)c1ccccc1. The number of hydrogen-bond donors (Lipinski definition) is 0. The van der Waals surface area contributed by atoms with Gasteiger partial charge in [0, 0.05) is 19.1 Å². The van der Waals surface area contributed by atoms with E-state index in [2.05, 4.69) is 45.0 Å². The van der Waals surface area contributed by atoms with E-state index in [1.54, 1.807) is 0 Å². The highest BCUT2D eigenvalue weighted by molar-refractivity contribution is 5.19. The zero-order chi connectivity index (χ0) is 13.9. The van der Waals surface area contributed by atoms with Gasteiger partial charge in [-0.1, -0.05) is 63.9 Å². The van der Waals surface area contributed by atoms with Crippen LogP contribution in [0.4, 0.5) is 0 Å². The molecule has 0 aliphatic carbocycles. The van der Waals surface area contributed by atoms with Gasteiger partial charge in [-0.15, -0.1) is 0 Å². The number of ether oxygens (including phenoxy) is 2. The van der Waals surface area contributed by atoms with E-state index in [4.69, 9.17) is 9.47 Å². The average Bonchev–Trinajstić information content (AvgIpc) is 2.46. The number of hydrogen-bond acceptors (Lipinski definition) is 2. The Morgan fingerprint density at radius 1 is 0.895 bits per heavy atom. The van der Waals surface area contributed by atoms with Gasteiger partial charge < -0.3 is 9.47 Å². The zero-order valence-corrected chi connectivity index (χ0v) is 12.6. The summed E-state index contributed by atoms with van der Waals surface area (Å²) in [5.74, 6) is 0.273. The highest BCUT2D eigenvalue weighted by Crippen LogP contribution is 2.22. The molecule has 0 saturated heterocycles. The maximum Gasteiger partial charge on any atom is 0.164 e. The van der Waals surface area contributed by atoms with E-state index < -0.39 is 0 Å². The van der Waals surface area contributed by atoms with Crippen molar-refractivity contribution in [3.8, 4) is 0 Å². The van der Waals surface area contributed by atoms with Crippen LogP contribution in [0.1, 0.15) is 57.9 Å². The van der Waals surface area contributed by atoms with Crippen molar-refractivity contribution >= 4 is 0 Å². The molecule has 0 saturated carbocycles. The minimum absolute atomic E-state index is 0.125. The molecule has 1 atom stereocenters. The molecule has 0 bridgehead atoms. The molecule has 0 aliphatic rings. The molecule has 0 radical (unpaired) electrons. The quantitative estimate of drug-likeness (QED) is 0.448. The molecule has 0 N–H and O–H groups in total. The molecule has 108 valence electrons. The van der Waals surface area contributed by atoms with Crippen LogP contribution in [-0.4, -0.2) is 19.5 Å². The second kappa shape index (κ2) is 9.99. The fraction of sp³-hybridized carbons (Fsp3) is 0.647. The Morgan fingerprint density at radius 3 is 1.89 bits per heavy atom. The van der Waals surface area contributed by atoms with Crippen molar-refractivity contribution in [2.45, 2.75) is 58.7 Å². The van der Waals surface area contributed by atoms with Crippen molar-refractivity contribution in [1.29, 1.82) is 0 Å². The zero-order valence-electron chi connectivity index (χ0n) is 12.6. The van der Waals surface area contributed by atoms with Crippen LogP contribution in [0.5, 0.6) is 0 Å². The van der Waals surface area contributed by atoms with Crippen LogP contribution in [0.2, 0.25) is 0 Å². The highest BCUT2D eigenvalue weighted by atomic mass is 16.7. The first-order chi connectivity index (χ1) is 9.29. The minimum Gasteiger partial charge on any atom is -0.352 e. The summed E-state index contributed by atoms with van der Waals surface area (Å²) in [7, 11) is 0. The highest BCUT2D eigenvalue weighted by Gasteiger charge is 2.19. The lowest BCUT2D eigenvalue weighted by molar-refractivity contribution is -0.154. The lowest BCUT2D eigenvalue weighted by Gasteiger charge is -2.25. The van der Waals surface area contributed by atoms with Gasteiger partial charge in [-0.3, -0.25) is 0 Å². The maximum absolute atomic E-state index is 5.92. The molecular formula is C17H28O2. The molecule has 2 heteroatoms. The molecule has 0 aliphatic heterocycles. The standard InChI is InChI=1S/C17H28O2/c1-4-6-13-18-17(19-14-7-5-2)15(3)16-11-9-8-10-12-16/h8-12,15,17H,4-7,13-14H2,1-3H3. The summed E-state index contributed by atoms with van der Waals surface area (Å²) in [6.45, 7) is 8.10. The summed E-state index contributed by atoms with van der Waals surface area (Å²) in [5.41, 5.74) is 1.28. The minimum atomic E-state index is -0.125. The largest absolute Gasteiger partial charge is 0.352 e. The van der Waals surface area contributed by atoms with Crippen molar-refractivity contribution < 1.29 is 9.47 Å². The van der Waals surface area contributed by atoms with Gasteiger partial charge in [-0.05, 0) is 18.4 Å². The summed E-state index contributed by atoms with van der Waals surface area (Å²) in [5, 5.41) is 0. The fourth-order valence-electron chi connectivity index (χ4n) is 1.94. The van der Waals surface area contributed by atoms with Gasteiger partial charge in [0.05, 0.1) is 0 Å². The Labute approximate surface area is 118 Å². The molecule has 0 amide bonds. The second-order valence-electron chi connectivity index (χ2n) is 5.02. The first kappa shape index (κ1) is 16.2. The molecule has 0 heterocycles. The van der Waals surface area contributed by atoms with E-state index >= 15 is 0 Å². The van der Waals surface area contributed by atoms with Gasteiger partial charge in [0.1, 0.15) is 0 Å². The van der Waals surface area contributed by atoms with Crippen LogP contribution in [-0.2, 0) is 9.47 Å². The Kier molecular flexibility index (Phi) is 8.52. The molecule has 1 aromatic carbocycles. The van der Waals surface area contributed by atoms with Gasteiger partial charge in [-0.25, -0.2) is 0 Å². The third kappa shape index (κ3) is 6.22. The van der Waals surface area contributed by atoms with E-state index in [0.717, 1.165) is 38.9 Å². The second-order valence-corrected chi connectivity index (χ2v) is 5.02. The molecule has 1 aromatic rings. The van der Waals surface area contributed by atoms with Crippen LogP contribution >= 0.6 is 0 Å². The van der Waals surface area contributed by atoms with Gasteiger partial charge in [-0.2, -0.15) is 0 Å². The van der Waals surface area contributed by atoms with Gasteiger partial charge >= 0.3 is 0 Å². The van der Waals surface area contributed by atoms with E-state index in [0.29, 0.717) is 0 Å². The molecule has 0 aromatic heterocycles. The molecule has 2 nitrogen and oxygen atoms in total. The van der Waals surface area contributed by atoms with Crippen LogP contribution in [0.25, 0.3) is 0 Å². The van der Waals surface area contributed by atoms with Crippen LogP contribution in [0.3, 0.4) is 0 Å². The molecular weight excluding hydrogens is 236 g/mol. The topological polar surface area (TPSA) is 18.5 Å². The molecule has 1 rings (SSSR count). The third-order valence-electron chi connectivity index (χ3n) is 3.29. The van der Waals surface area contributed by atoms with Crippen LogP contribution < -0.4 is 0 Å². The summed E-state index contributed by atoms with van der Waals surface area (Å²) >= 11 is 0. The van der Waals surface area contributed by atoms with E-state index in [9.17, 15) is 0 Å². The van der Waals surface area contributed by atoms with E-state index in [1.807, 2.05) is 6.07 Å². The summed E-state index contributed by atoms with van der Waals surface area (Å²) in [6, 6.07) is 10.5. The van der Waals surface area contributed by atoms with E-state index in [-0.39, 0.29) is 12.2 Å². The predicted molar refractivity (Wildman–Crippen MR) is 80.4 cm³/mol. The van der Waals surface area contributed by atoms with Crippen molar-refractivity contribution in [3.63, 3.8) is 0 Å². The maximum atomic E-state index is 5.92. The van der Waals surface area contributed by atoms with E-state index in [1.165, 1.54) is 5.56 Å². The normalized spacial score (nSPS) is 12.8. The Bertz CT molecular complexity index is 300. The summed E-state index contributed by atoms with van der Waals surface area (Å²) in [4.78, 5) is 0. The van der Waals surface area contributed by atoms with Crippen LogP contribution in [0.15, 0.2) is 30.3 Å². The molecule has 1 unspecified atom stereocenters. The Morgan fingerprint density at radius 2 is 1.42 bits per heavy atom. The molecule has 0 fully saturated rings. The molecule has 19 heavy (non-hydrogen) atoms. The summed E-state index contributed by atoms with van der Waals surface area (Å²) in [6.07, 6.45) is 4.37. The summed E-state index contributed by atoms with van der Waals surface area (Å²) < 4.78 is 11.8. The van der Waals surface area contributed by atoms with Crippen molar-refractivity contribution in [3.05, 3.63) is 35.9 Å². The first-order valence-electron chi connectivity index (χ1n) is 7.57. The van der Waals surface area contributed by atoms with Gasteiger partial charge in [0.25, 0.3) is 0 Å². The smallest absolute Gasteiger partial charge is 0.164 e. The van der Waals surface area contributed by atoms with Crippen molar-refractivity contribution in [2.75, 3.05) is 13.2 Å². The Hall–Kier alpha value is -0.860. The number of unbranched alkanes of at least 4 members (excludes halogenated alkanes) is 2. The average molecular weight is 264 g/mol.